The first-order chi connectivity index (χ1) is 12.5. The summed E-state index contributed by atoms with van der Waals surface area (Å²) in [6.45, 7) is 1.24. The lowest BCUT2D eigenvalue weighted by atomic mass is 10.1. The van der Waals surface area contributed by atoms with Gasteiger partial charge in [-0.1, -0.05) is 34.8 Å². The van der Waals surface area contributed by atoms with E-state index in [1.165, 1.54) is 5.82 Å². The molecule has 1 aromatic heterocycles. The van der Waals surface area contributed by atoms with Crippen LogP contribution in [0.1, 0.15) is 22.6 Å². The van der Waals surface area contributed by atoms with E-state index in [2.05, 4.69) is 4.57 Å². The van der Waals surface area contributed by atoms with Crippen molar-refractivity contribution < 1.29 is 9.36 Å². The van der Waals surface area contributed by atoms with Crippen LogP contribution in [0, 0.1) is 0 Å². The molecular formula is C20H16Cl3N2O+. The van der Waals surface area contributed by atoms with Gasteiger partial charge in [0.05, 0.1) is 23.0 Å². The Bertz CT molecular complexity index is 993. The van der Waals surface area contributed by atoms with Crippen LogP contribution in [0.3, 0.4) is 0 Å². The number of hydrogen-bond acceptors (Lipinski definition) is 1. The second-order valence-corrected chi connectivity index (χ2v) is 7.62. The first-order valence-electron chi connectivity index (χ1n) is 8.39. The number of fused-ring (bicyclic) bond motifs is 1. The molecule has 6 heteroatoms. The monoisotopic (exact) mass is 405 g/mol. The van der Waals surface area contributed by atoms with Crippen molar-refractivity contribution in [2.24, 2.45) is 0 Å². The van der Waals surface area contributed by atoms with Gasteiger partial charge in [-0.3, -0.25) is 4.79 Å². The zero-order valence-corrected chi connectivity index (χ0v) is 16.2. The number of aromatic nitrogens is 2. The Balaban J connectivity index is 1.67. The van der Waals surface area contributed by atoms with Crippen molar-refractivity contribution in [3.8, 4) is 11.3 Å². The summed E-state index contributed by atoms with van der Waals surface area (Å²) in [5.41, 5.74) is 2.77. The van der Waals surface area contributed by atoms with Gasteiger partial charge in [0.25, 0.3) is 5.82 Å². The van der Waals surface area contributed by atoms with Gasteiger partial charge in [0, 0.05) is 16.1 Å². The minimum atomic E-state index is 0.0107. The number of rotatable bonds is 4. The van der Waals surface area contributed by atoms with Crippen LogP contribution < -0.4 is 4.57 Å². The molecule has 0 atom stereocenters. The molecule has 0 saturated heterocycles. The lowest BCUT2D eigenvalue weighted by Crippen LogP contribution is -2.40. The first-order valence-corrected chi connectivity index (χ1v) is 9.52. The third-order valence-corrected chi connectivity index (χ3v) is 5.68. The van der Waals surface area contributed by atoms with Crippen LogP contribution in [0.5, 0.6) is 0 Å². The van der Waals surface area contributed by atoms with Gasteiger partial charge in [0.15, 0.2) is 12.2 Å². The van der Waals surface area contributed by atoms with Gasteiger partial charge in [-0.15, -0.1) is 0 Å². The molecule has 132 valence electrons. The van der Waals surface area contributed by atoms with E-state index < -0.39 is 0 Å². The number of carbonyl (C=O) groups is 1. The summed E-state index contributed by atoms with van der Waals surface area (Å²) in [7, 11) is 0. The van der Waals surface area contributed by atoms with Crippen molar-refractivity contribution in [1.82, 2.24) is 4.57 Å². The zero-order chi connectivity index (χ0) is 18.3. The second kappa shape index (κ2) is 7.07. The average Bonchev–Trinajstić information content (AvgIpc) is 3.22. The Morgan fingerprint density at radius 1 is 1.04 bits per heavy atom. The Hall–Kier alpha value is -1.81. The third-order valence-electron chi connectivity index (χ3n) is 4.69. The van der Waals surface area contributed by atoms with Crippen molar-refractivity contribution >= 4 is 40.6 Å². The molecule has 2 heterocycles. The lowest BCUT2D eigenvalue weighted by Gasteiger charge is -2.02. The largest absolute Gasteiger partial charge is 0.290 e. The van der Waals surface area contributed by atoms with Crippen molar-refractivity contribution in [2.75, 3.05) is 0 Å². The Morgan fingerprint density at radius 2 is 1.81 bits per heavy atom. The number of halogens is 3. The number of ketones is 1. The molecule has 1 aliphatic heterocycles. The highest BCUT2D eigenvalue weighted by Crippen LogP contribution is 2.26. The van der Waals surface area contributed by atoms with E-state index in [1.54, 1.807) is 18.2 Å². The summed E-state index contributed by atoms with van der Waals surface area (Å²) in [5, 5.41) is 1.56. The van der Waals surface area contributed by atoms with Crippen LogP contribution >= 0.6 is 34.8 Å². The number of Topliss-reactive ketones (excluding diaryl/α,β-unsaturated/α-hetero) is 1. The van der Waals surface area contributed by atoms with Crippen molar-refractivity contribution in [2.45, 2.75) is 25.9 Å². The quantitative estimate of drug-likeness (QED) is 0.430. The van der Waals surface area contributed by atoms with E-state index in [-0.39, 0.29) is 12.3 Å². The number of hydrogen-bond donors (Lipinski definition) is 0. The van der Waals surface area contributed by atoms with Gasteiger partial charge in [0.1, 0.15) is 6.20 Å². The molecule has 0 spiro atoms. The molecule has 0 unspecified atom stereocenters. The van der Waals surface area contributed by atoms with E-state index in [0.29, 0.717) is 20.6 Å². The van der Waals surface area contributed by atoms with Crippen molar-refractivity contribution in [1.29, 1.82) is 0 Å². The molecule has 0 radical (unpaired) electrons. The van der Waals surface area contributed by atoms with Crippen LogP contribution in [-0.4, -0.2) is 10.4 Å². The number of benzene rings is 2. The highest BCUT2D eigenvalue weighted by atomic mass is 35.5. The lowest BCUT2D eigenvalue weighted by molar-refractivity contribution is -0.689. The second-order valence-electron chi connectivity index (χ2n) is 6.37. The molecule has 4 rings (SSSR count). The predicted octanol–water partition coefficient (Wildman–Crippen LogP) is 5.23. The van der Waals surface area contributed by atoms with Crippen LogP contribution in [0.2, 0.25) is 15.1 Å². The maximum atomic E-state index is 12.7. The van der Waals surface area contributed by atoms with E-state index in [0.717, 1.165) is 30.6 Å². The summed E-state index contributed by atoms with van der Waals surface area (Å²) < 4.78 is 4.33. The van der Waals surface area contributed by atoms with Crippen LogP contribution in [-0.2, 0) is 19.5 Å². The number of carbonyl (C=O) groups excluding carboxylic acids is 1. The minimum absolute atomic E-state index is 0.0107. The number of imidazole rings is 1. The average molecular weight is 407 g/mol. The molecule has 3 nitrogen and oxygen atoms in total. The van der Waals surface area contributed by atoms with Crippen LogP contribution in [0.25, 0.3) is 11.3 Å². The molecule has 0 fully saturated rings. The highest BCUT2D eigenvalue weighted by Gasteiger charge is 2.29. The standard InChI is InChI=1S/C20H16Cl3N2O/c21-15-6-3-13(4-7-15)18-11-24(20-2-1-9-25(18)20)12-19(26)14-5-8-16(22)17(23)10-14/h3-8,10-11H,1-2,9,12H2/q+1. The van der Waals surface area contributed by atoms with Crippen molar-refractivity contribution in [3.63, 3.8) is 0 Å². The van der Waals surface area contributed by atoms with Gasteiger partial charge >= 0.3 is 0 Å². The van der Waals surface area contributed by atoms with Gasteiger partial charge in [-0.2, -0.15) is 0 Å². The summed E-state index contributed by atoms with van der Waals surface area (Å²) in [6.07, 6.45) is 4.09. The summed E-state index contributed by atoms with van der Waals surface area (Å²) in [6, 6.07) is 12.8. The van der Waals surface area contributed by atoms with Gasteiger partial charge < -0.3 is 0 Å². The molecule has 2 aromatic carbocycles. The van der Waals surface area contributed by atoms with Gasteiger partial charge in [-0.05, 0) is 48.9 Å². The SMILES string of the molecule is O=C(C[n+]1cc(-c2ccc(Cl)cc2)n2c1CCC2)c1ccc(Cl)c(Cl)c1. The Morgan fingerprint density at radius 3 is 2.54 bits per heavy atom. The summed E-state index contributed by atoms with van der Waals surface area (Å²) >= 11 is 18.0. The molecule has 0 saturated carbocycles. The molecule has 3 aromatic rings. The first kappa shape index (κ1) is 17.6. The fourth-order valence-corrected chi connectivity index (χ4v) is 3.84. The van der Waals surface area contributed by atoms with E-state index in [4.69, 9.17) is 34.8 Å². The maximum absolute atomic E-state index is 12.7. The predicted molar refractivity (Wildman–Crippen MR) is 104 cm³/mol. The molecular weight excluding hydrogens is 391 g/mol. The molecule has 0 amide bonds. The minimum Gasteiger partial charge on any atom is -0.290 e. The zero-order valence-electron chi connectivity index (χ0n) is 13.9. The van der Waals surface area contributed by atoms with Crippen LogP contribution in [0.15, 0.2) is 48.7 Å². The fourth-order valence-electron chi connectivity index (χ4n) is 3.41. The number of nitrogens with zero attached hydrogens (tertiary/aromatic N) is 2. The normalized spacial score (nSPS) is 13.0. The maximum Gasteiger partial charge on any atom is 0.257 e. The topological polar surface area (TPSA) is 25.9 Å². The summed E-state index contributed by atoms with van der Waals surface area (Å²) in [4.78, 5) is 12.7. The third kappa shape index (κ3) is 3.27. The molecule has 0 aliphatic carbocycles. The molecule has 0 bridgehead atoms. The fraction of sp³-hybridized carbons (Fsp3) is 0.200. The van der Waals surface area contributed by atoms with E-state index >= 15 is 0 Å². The van der Waals surface area contributed by atoms with E-state index in [9.17, 15) is 4.79 Å². The Labute approximate surface area is 166 Å². The van der Waals surface area contributed by atoms with Crippen LogP contribution in [0.4, 0.5) is 0 Å². The molecule has 26 heavy (non-hydrogen) atoms. The van der Waals surface area contributed by atoms with E-state index in [1.807, 2.05) is 35.0 Å². The Kier molecular flexibility index (Phi) is 4.78. The smallest absolute Gasteiger partial charge is 0.257 e. The highest BCUT2D eigenvalue weighted by molar-refractivity contribution is 6.42. The molecule has 0 N–H and O–H groups in total. The van der Waals surface area contributed by atoms with Gasteiger partial charge in [0.2, 0.25) is 5.78 Å². The van der Waals surface area contributed by atoms with Crippen molar-refractivity contribution in [3.05, 3.63) is 75.1 Å². The summed E-state index contributed by atoms with van der Waals surface area (Å²) in [5.74, 6) is 1.18. The molecule has 1 aliphatic rings. The van der Waals surface area contributed by atoms with Gasteiger partial charge in [-0.25, -0.2) is 9.13 Å².